The van der Waals surface area contributed by atoms with Crippen molar-refractivity contribution in [3.8, 4) is 0 Å². The number of nitrogens with one attached hydrogen (secondary N) is 1. The molecule has 2 amide bonds. The highest BCUT2D eigenvalue weighted by Crippen LogP contribution is 2.64. The van der Waals surface area contributed by atoms with Gasteiger partial charge in [-0.1, -0.05) is 19.1 Å². The van der Waals surface area contributed by atoms with E-state index in [1.165, 1.54) is 0 Å². The number of nitrogens with zero attached hydrogens (tertiary/aromatic N) is 1. The number of anilines is 1. The van der Waals surface area contributed by atoms with Gasteiger partial charge in [0.25, 0.3) is 5.91 Å². The van der Waals surface area contributed by atoms with Crippen LogP contribution in [0.5, 0.6) is 0 Å². The minimum Gasteiger partial charge on any atom is -0.361 e. The highest BCUT2D eigenvalue weighted by atomic mass is 16.2. The summed E-state index contributed by atoms with van der Waals surface area (Å²) < 4.78 is 0. The van der Waals surface area contributed by atoms with E-state index in [2.05, 4.69) is 12.2 Å². The van der Waals surface area contributed by atoms with Crippen LogP contribution < -0.4 is 5.32 Å². The second kappa shape index (κ2) is 3.32. The lowest BCUT2D eigenvalue weighted by molar-refractivity contribution is -0.185. The van der Waals surface area contributed by atoms with Crippen LogP contribution in [0.4, 0.5) is 5.69 Å². The number of benzene rings is 1. The van der Waals surface area contributed by atoms with Crippen LogP contribution in [0, 0.1) is 17.3 Å². The Labute approximate surface area is 123 Å². The van der Waals surface area contributed by atoms with Gasteiger partial charge in [-0.25, -0.2) is 0 Å². The first-order chi connectivity index (χ1) is 10.1. The van der Waals surface area contributed by atoms with Crippen LogP contribution in [0.25, 0.3) is 0 Å². The molecule has 7 rings (SSSR count). The summed E-state index contributed by atoms with van der Waals surface area (Å²) in [5, 5.41) is 3.60. The SMILES string of the molecule is C[C@]12CC[C@H]3C[C@@H]1C(=O)N1C(=O)c4ccccc4N[C@@]31C2. The largest absolute Gasteiger partial charge is 0.361 e. The smallest absolute Gasteiger partial charge is 0.264 e. The third-order valence-corrected chi connectivity index (χ3v) is 6.40. The van der Waals surface area contributed by atoms with Gasteiger partial charge >= 0.3 is 0 Å². The molecular formula is C17H18N2O2. The summed E-state index contributed by atoms with van der Waals surface area (Å²) >= 11 is 0. The molecule has 3 saturated carbocycles. The standard InChI is InChI=1S/C17H18N2O2/c1-16-7-6-10-8-12(16)15(21)19-14(20)11-4-2-3-5-13(11)18-17(10,19)9-16/h2-5,10,12,18H,6-9H2,1H3/t10-,12+,16+,17+/m0/s1. The Hall–Kier alpha value is -1.84. The third-order valence-electron chi connectivity index (χ3n) is 6.40. The minimum absolute atomic E-state index is 0.0362. The van der Waals surface area contributed by atoms with Crippen molar-refractivity contribution < 1.29 is 9.59 Å². The lowest BCUT2D eigenvalue weighted by atomic mass is 9.48. The molecule has 1 spiro atoms. The molecule has 1 aromatic carbocycles. The molecule has 3 aliphatic heterocycles. The number of para-hydroxylation sites is 1. The average Bonchev–Trinajstić information content (AvgIpc) is 2.46. The van der Waals surface area contributed by atoms with Crippen LogP contribution in [-0.4, -0.2) is 22.4 Å². The number of carbonyl (C=O) groups excluding carboxylic acids is 2. The Morgan fingerprint density at radius 1 is 1.29 bits per heavy atom. The zero-order chi connectivity index (χ0) is 14.4. The summed E-state index contributed by atoms with van der Waals surface area (Å²) in [6.45, 7) is 2.23. The summed E-state index contributed by atoms with van der Waals surface area (Å²) in [6.07, 6.45) is 4.07. The zero-order valence-electron chi connectivity index (χ0n) is 12.1. The average molecular weight is 282 g/mol. The van der Waals surface area contributed by atoms with Gasteiger partial charge in [0.05, 0.1) is 5.56 Å². The molecule has 5 fully saturated rings. The number of carbonyl (C=O) groups is 2. The topological polar surface area (TPSA) is 49.4 Å². The Bertz CT molecular complexity index is 700. The maximum atomic E-state index is 12.9. The predicted molar refractivity (Wildman–Crippen MR) is 77.5 cm³/mol. The molecule has 4 nitrogen and oxygen atoms in total. The minimum atomic E-state index is -0.468. The number of fused-ring (bicyclic) bond motifs is 2. The van der Waals surface area contributed by atoms with Crippen LogP contribution in [-0.2, 0) is 4.79 Å². The van der Waals surface area contributed by atoms with E-state index in [4.69, 9.17) is 0 Å². The van der Waals surface area contributed by atoms with E-state index < -0.39 is 5.66 Å². The van der Waals surface area contributed by atoms with Gasteiger partial charge in [-0.3, -0.25) is 14.5 Å². The van der Waals surface area contributed by atoms with Crippen LogP contribution in [0.15, 0.2) is 24.3 Å². The Morgan fingerprint density at radius 2 is 2.10 bits per heavy atom. The summed E-state index contributed by atoms with van der Waals surface area (Å²) in [5.41, 5.74) is 1.11. The summed E-state index contributed by atoms with van der Waals surface area (Å²) in [6, 6.07) is 7.58. The van der Waals surface area contributed by atoms with Crippen molar-refractivity contribution in [3.63, 3.8) is 0 Å². The van der Waals surface area contributed by atoms with Gasteiger partial charge in [-0.2, -0.15) is 0 Å². The van der Waals surface area contributed by atoms with Crippen LogP contribution in [0.2, 0.25) is 0 Å². The lowest BCUT2D eigenvalue weighted by Gasteiger charge is -2.68. The van der Waals surface area contributed by atoms with Crippen molar-refractivity contribution in [2.45, 2.75) is 38.3 Å². The Kier molecular flexibility index (Phi) is 1.86. The van der Waals surface area contributed by atoms with Gasteiger partial charge in [0.2, 0.25) is 5.91 Å². The molecule has 0 radical (unpaired) electrons. The first-order valence-electron chi connectivity index (χ1n) is 7.81. The fourth-order valence-corrected chi connectivity index (χ4v) is 5.40. The number of piperidine rings is 2. The van der Waals surface area contributed by atoms with Gasteiger partial charge < -0.3 is 5.32 Å². The Morgan fingerprint density at radius 3 is 2.90 bits per heavy atom. The van der Waals surface area contributed by atoms with E-state index >= 15 is 0 Å². The van der Waals surface area contributed by atoms with Gasteiger partial charge in [0.1, 0.15) is 5.66 Å². The molecule has 3 heterocycles. The second-order valence-corrected chi connectivity index (χ2v) is 7.43. The zero-order valence-corrected chi connectivity index (χ0v) is 12.1. The molecule has 0 aromatic heterocycles. The van der Waals surface area contributed by atoms with E-state index in [-0.39, 0.29) is 23.1 Å². The molecule has 4 atom stereocenters. The van der Waals surface area contributed by atoms with Gasteiger partial charge in [-0.05, 0) is 43.2 Å². The van der Waals surface area contributed by atoms with Crippen molar-refractivity contribution in [1.82, 2.24) is 4.90 Å². The maximum Gasteiger partial charge on any atom is 0.264 e. The third kappa shape index (κ3) is 1.15. The summed E-state index contributed by atoms with van der Waals surface area (Å²) in [4.78, 5) is 27.4. The normalized spacial score (nSPS) is 42.6. The highest BCUT2D eigenvalue weighted by molar-refractivity contribution is 6.12. The van der Waals surface area contributed by atoms with Gasteiger partial charge in [0, 0.05) is 17.5 Å². The molecule has 3 aliphatic carbocycles. The van der Waals surface area contributed by atoms with Crippen molar-refractivity contribution in [3.05, 3.63) is 29.8 Å². The summed E-state index contributed by atoms with van der Waals surface area (Å²) in [5.74, 6) is 0.383. The maximum absolute atomic E-state index is 12.9. The second-order valence-electron chi connectivity index (χ2n) is 7.43. The fraction of sp³-hybridized carbons (Fsp3) is 0.529. The van der Waals surface area contributed by atoms with E-state index in [0.717, 1.165) is 31.4 Å². The number of hydrogen-bond acceptors (Lipinski definition) is 3. The van der Waals surface area contributed by atoms with Crippen molar-refractivity contribution in [1.29, 1.82) is 0 Å². The first kappa shape index (κ1) is 11.8. The van der Waals surface area contributed by atoms with E-state index in [9.17, 15) is 9.59 Å². The monoisotopic (exact) mass is 282 g/mol. The van der Waals surface area contributed by atoms with Gasteiger partial charge in [-0.15, -0.1) is 0 Å². The van der Waals surface area contributed by atoms with Crippen molar-refractivity contribution in [2.24, 2.45) is 17.3 Å². The Balaban J connectivity index is 1.75. The highest BCUT2D eigenvalue weighted by Gasteiger charge is 2.69. The predicted octanol–water partition coefficient (Wildman–Crippen LogP) is 2.62. The van der Waals surface area contributed by atoms with Crippen molar-refractivity contribution in [2.75, 3.05) is 5.32 Å². The van der Waals surface area contributed by atoms with Crippen LogP contribution in [0.3, 0.4) is 0 Å². The molecule has 0 unspecified atom stereocenters. The number of rotatable bonds is 0. The molecule has 6 aliphatic rings. The number of hydrogen-bond donors (Lipinski definition) is 1. The summed E-state index contributed by atoms with van der Waals surface area (Å²) in [7, 11) is 0. The molecule has 2 saturated heterocycles. The number of imide groups is 1. The molecule has 4 bridgehead atoms. The molecular weight excluding hydrogens is 264 g/mol. The van der Waals surface area contributed by atoms with Crippen LogP contribution >= 0.6 is 0 Å². The molecule has 108 valence electrons. The molecule has 1 N–H and O–H groups in total. The van der Waals surface area contributed by atoms with Crippen LogP contribution in [0.1, 0.15) is 43.0 Å². The van der Waals surface area contributed by atoms with Gasteiger partial charge in [0.15, 0.2) is 0 Å². The number of amides is 2. The molecule has 1 aromatic rings. The van der Waals surface area contributed by atoms with E-state index in [1.54, 1.807) is 4.90 Å². The lowest BCUT2D eigenvalue weighted by Crippen LogP contribution is -2.78. The quantitative estimate of drug-likeness (QED) is 0.744. The van der Waals surface area contributed by atoms with Crippen molar-refractivity contribution >= 4 is 17.5 Å². The molecule has 4 heteroatoms. The fourth-order valence-electron chi connectivity index (χ4n) is 5.40. The first-order valence-corrected chi connectivity index (χ1v) is 7.81. The van der Waals surface area contributed by atoms with E-state index in [0.29, 0.717) is 11.5 Å². The molecule has 21 heavy (non-hydrogen) atoms. The van der Waals surface area contributed by atoms with E-state index in [1.807, 2.05) is 24.3 Å².